The number of ether oxygens (including phenoxy) is 2. The molecule has 1 amide bonds. The highest BCUT2D eigenvalue weighted by Gasteiger charge is 2.18. The third-order valence-corrected chi connectivity index (χ3v) is 3.65. The Morgan fingerprint density at radius 1 is 1.20 bits per heavy atom. The van der Waals surface area contributed by atoms with Crippen LogP contribution in [0.1, 0.15) is 11.1 Å². The molecule has 1 aromatic rings. The van der Waals surface area contributed by atoms with Crippen molar-refractivity contribution in [3.8, 4) is 11.5 Å². The minimum Gasteiger partial charge on any atom is -0.493 e. The van der Waals surface area contributed by atoms with Crippen LogP contribution in [-0.2, 0) is 11.2 Å². The first kappa shape index (κ1) is 14.7. The van der Waals surface area contributed by atoms with Gasteiger partial charge in [-0.3, -0.25) is 4.79 Å². The number of carbonyl (C=O) groups is 1. The fourth-order valence-corrected chi connectivity index (χ4v) is 2.40. The van der Waals surface area contributed by atoms with Gasteiger partial charge in [-0.2, -0.15) is 0 Å². The Hall–Kier alpha value is -1.75. The Morgan fingerprint density at radius 3 is 2.40 bits per heavy atom. The molecule has 1 aliphatic rings. The molecule has 0 bridgehead atoms. The van der Waals surface area contributed by atoms with E-state index in [1.807, 2.05) is 24.0 Å². The van der Waals surface area contributed by atoms with Crippen LogP contribution >= 0.6 is 0 Å². The van der Waals surface area contributed by atoms with Gasteiger partial charge in [0.15, 0.2) is 11.5 Å². The molecular weight excluding hydrogens is 256 g/mol. The van der Waals surface area contributed by atoms with Gasteiger partial charge in [0.25, 0.3) is 0 Å². The second kappa shape index (κ2) is 6.61. The molecule has 1 saturated heterocycles. The van der Waals surface area contributed by atoms with Gasteiger partial charge in [-0.05, 0) is 30.2 Å². The number of amides is 1. The van der Waals surface area contributed by atoms with Crippen molar-refractivity contribution in [2.75, 3.05) is 40.4 Å². The van der Waals surface area contributed by atoms with Crippen LogP contribution in [0.3, 0.4) is 0 Å². The number of piperazine rings is 1. The zero-order valence-corrected chi connectivity index (χ0v) is 12.4. The van der Waals surface area contributed by atoms with Crippen LogP contribution in [0.5, 0.6) is 11.5 Å². The summed E-state index contributed by atoms with van der Waals surface area (Å²) in [5, 5.41) is 3.25. The van der Waals surface area contributed by atoms with Crippen molar-refractivity contribution in [2.24, 2.45) is 0 Å². The molecule has 1 N–H and O–H groups in total. The summed E-state index contributed by atoms with van der Waals surface area (Å²) in [4.78, 5) is 14.2. The second-order valence-corrected chi connectivity index (χ2v) is 4.94. The number of methoxy groups -OCH3 is 2. The first-order chi connectivity index (χ1) is 9.65. The maximum Gasteiger partial charge on any atom is 0.227 e. The lowest BCUT2D eigenvalue weighted by molar-refractivity contribution is -0.131. The molecule has 0 aromatic heterocycles. The third-order valence-electron chi connectivity index (χ3n) is 3.65. The summed E-state index contributed by atoms with van der Waals surface area (Å²) in [6.07, 6.45) is 0.409. The molecule has 110 valence electrons. The molecule has 0 saturated carbocycles. The summed E-state index contributed by atoms with van der Waals surface area (Å²) in [5.41, 5.74) is 2.04. The monoisotopic (exact) mass is 278 g/mol. The summed E-state index contributed by atoms with van der Waals surface area (Å²) < 4.78 is 10.6. The van der Waals surface area contributed by atoms with E-state index in [1.54, 1.807) is 14.2 Å². The maximum atomic E-state index is 12.3. The molecule has 0 radical (unpaired) electrons. The Balaban J connectivity index is 2.13. The first-order valence-corrected chi connectivity index (χ1v) is 6.85. The first-order valence-electron chi connectivity index (χ1n) is 6.85. The molecule has 0 atom stereocenters. The van der Waals surface area contributed by atoms with Gasteiger partial charge in [-0.25, -0.2) is 0 Å². The number of hydrogen-bond donors (Lipinski definition) is 1. The van der Waals surface area contributed by atoms with Crippen LogP contribution in [0.15, 0.2) is 12.1 Å². The number of benzene rings is 1. The van der Waals surface area contributed by atoms with Gasteiger partial charge in [-0.1, -0.05) is 0 Å². The van der Waals surface area contributed by atoms with Crippen molar-refractivity contribution in [3.05, 3.63) is 23.3 Å². The van der Waals surface area contributed by atoms with Gasteiger partial charge in [0, 0.05) is 26.2 Å². The quantitative estimate of drug-likeness (QED) is 0.892. The minimum atomic E-state index is 0.168. The molecule has 1 fully saturated rings. The Bertz CT molecular complexity index is 482. The predicted octanol–water partition coefficient (Wildman–Crippen LogP) is 0.987. The summed E-state index contributed by atoms with van der Waals surface area (Å²) in [5.74, 6) is 1.53. The molecular formula is C15H22N2O3. The highest BCUT2D eigenvalue weighted by molar-refractivity contribution is 5.79. The van der Waals surface area contributed by atoms with Crippen molar-refractivity contribution in [3.63, 3.8) is 0 Å². The molecule has 1 aliphatic heterocycles. The van der Waals surface area contributed by atoms with Crippen molar-refractivity contribution in [2.45, 2.75) is 13.3 Å². The molecule has 2 rings (SSSR count). The van der Waals surface area contributed by atoms with Gasteiger partial charge < -0.3 is 19.7 Å². The van der Waals surface area contributed by atoms with Crippen molar-refractivity contribution in [1.82, 2.24) is 10.2 Å². The molecule has 0 unspecified atom stereocenters. The Kier molecular flexibility index (Phi) is 4.84. The van der Waals surface area contributed by atoms with E-state index in [0.717, 1.165) is 37.3 Å². The number of aryl methyl sites for hydroxylation is 1. The highest BCUT2D eigenvalue weighted by atomic mass is 16.5. The lowest BCUT2D eigenvalue weighted by Gasteiger charge is -2.27. The Morgan fingerprint density at radius 2 is 1.80 bits per heavy atom. The number of rotatable bonds is 4. The third kappa shape index (κ3) is 3.22. The van der Waals surface area contributed by atoms with Gasteiger partial charge in [0.1, 0.15) is 0 Å². The van der Waals surface area contributed by atoms with Gasteiger partial charge in [-0.15, -0.1) is 0 Å². The van der Waals surface area contributed by atoms with E-state index in [0.29, 0.717) is 17.9 Å². The lowest BCUT2D eigenvalue weighted by atomic mass is 10.0. The van der Waals surface area contributed by atoms with Crippen molar-refractivity contribution < 1.29 is 14.3 Å². The fourth-order valence-electron chi connectivity index (χ4n) is 2.40. The van der Waals surface area contributed by atoms with Crippen LogP contribution in [0.4, 0.5) is 0 Å². The molecule has 1 heterocycles. The van der Waals surface area contributed by atoms with Gasteiger partial charge >= 0.3 is 0 Å². The zero-order chi connectivity index (χ0) is 14.5. The van der Waals surface area contributed by atoms with E-state index >= 15 is 0 Å². The smallest absolute Gasteiger partial charge is 0.227 e. The van der Waals surface area contributed by atoms with Crippen molar-refractivity contribution in [1.29, 1.82) is 0 Å². The SMILES string of the molecule is COc1cc(C)c(CC(=O)N2CCNCC2)cc1OC. The van der Waals surface area contributed by atoms with Crippen LogP contribution in [0, 0.1) is 6.92 Å². The molecule has 0 spiro atoms. The maximum absolute atomic E-state index is 12.3. The summed E-state index contributed by atoms with van der Waals surface area (Å²) in [6, 6.07) is 3.81. The molecule has 5 heteroatoms. The molecule has 5 nitrogen and oxygen atoms in total. The number of nitrogens with one attached hydrogen (secondary N) is 1. The normalized spacial score (nSPS) is 15.1. The standard InChI is InChI=1S/C15H22N2O3/c1-11-8-13(19-2)14(20-3)9-12(11)10-15(18)17-6-4-16-5-7-17/h8-9,16H,4-7,10H2,1-3H3. The number of hydrogen-bond acceptors (Lipinski definition) is 4. The molecule has 0 aliphatic carbocycles. The second-order valence-electron chi connectivity index (χ2n) is 4.94. The predicted molar refractivity (Wildman–Crippen MR) is 77.4 cm³/mol. The van der Waals surface area contributed by atoms with E-state index in [-0.39, 0.29) is 5.91 Å². The number of carbonyl (C=O) groups excluding carboxylic acids is 1. The average molecular weight is 278 g/mol. The van der Waals surface area contributed by atoms with Gasteiger partial charge in [0.05, 0.1) is 20.6 Å². The molecule has 20 heavy (non-hydrogen) atoms. The van der Waals surface area contributed by atoms with E-state index in [1.165, 1.54) is 0 Å². The van der Waals surface area contributed by atoms with Crippen molar-refractivity contribution >= 4 is 5.91 Å². The highest BCUT2D eigenvalue weighted by Crippen LogP contribution is 2.30. The Labute approximate surface area is 119 Å². The van der Waals surface area contributed by atoms with E-state index in [9.17, 15) is 4.79 Å². The summed E-state index contributed by atoms with van der Waals surface area (Å²) in [6.45, 7) is 5.30. The largest absolute Gasteiger partial charge is 0.493 e. The van der Waals surface area contributed by atoms with Crippen LogP contribution in [0.2, 0.25) is 0 Å². The average Bonchev–Trinajstić information content (AvgIpc) is 2.49. The molecule has 1 aromatic carbocycles. The lowest BCUT2D eigenvalue weighted by Crippen LogP contribution is -2.47. The topological polar surface area (TPSA) is 50.8 Å². The summed E-state index contributed by atoms with van der Waals surface area (Å²) >= 11 is 0. The zero-order valence-electron chi connectivity index (χ0n) is 12.4. The fraction of sp³-hybridized carbons (Fsp3) is 0.533. The van der Waals surface area contributed by atoms with E-state index < -0.39 is 0 Å². The van der Waals surface area contributed by atoms with E-state index in [2.05, 4.69) is 5.32 Å². The number of nitrogens with zero attached hydrogens (tertiary/aromatic N) is 1. The summed E-state index contributed by atoms with van der Waals surface area (Å²) in [7, 11) is 3.22. The van der Waals surface area contributed by atoms with Gasteiger partial charge in [0.2, 0.25) is 5.91 Å². The van der Waals surface area contributed by atoms with Crippen LogP contribution in [0.25, 0.3) is 0 Å². The van der Waals surface area contributed by atoms with E-state index in [4.69, 9.17) is 9.47 Å². The van der Waals surface area contributed by atoms with Crippen LogP contribution < -0.4 is 14.8 Å². The van der Waals surface area contributed by atoms with Crippen LogP contribution in [-0.4, -0.2) is 51.2 Å². The minimum absolute atomic E-state index is 0.168.